The highest BCUT2D eigenvalue weighted by molar-refractivity contribution is 5.82. The SMILES string of the molecule is CC(C)OC[C@H]1O[C@@H](n2cnc3c(N)nc(N)nc32)[C@@H](O)C1OC(C)C. The van der Waals surface area contributed by atoms with Crippen molar-refractivity contribution in [3.8, 4) is 0 Å². The van der Waals surface area contributed by atoms with Crippen molar-refractivity contribution in [3.63, 3.8) is 0 Å². The van der Waals surface area contributed by atoms with Crippen LogP contribution in [0.4, 0.5) is 11.8 Å². The van der Waals surface area contributed by atoms with Gasteiger partial charge in [0, 0.05) is 0 Å². The molecule has 5 N–H and O–H groups in total. The zero-order valence-corrected chi connectivity index (χ0v) is 15.4. The van der Waals surface area contributed by atoms with Gasteiger partial charge in [-0.3, -0.25) is 4.57 Å². The van der Waals surface area contributed by atoms with Crippen LogP contribution in [-0.2, 0) is 14.2 Å². The molecule has 26 heavy (non-hydrogen) atoms. The van der Waals surface area contributed by atoms with Gasteiger partial charge in [-0.25, -0.2) is 4.98 Å². The number of ether oxygens (including phenoxy) is 3. The fraction of sp³-hybridized carbons (Fsp3) is 0.688. The Balaban J connectivity index is 1.92. The Hall–Kier alpha value is -2.01. The largest absolute Gasteiger partial charge is 0.386 e. The second-order valence-electron chi connectivity index (χ2n) is 6.88. The standard InChI is InChI=1S/C16H26N6O4/c1-7(2)24-5-9-12(25-8(3)4)11(23)15(26-9)22-6-19-10-13(17)20-16(18)21-14(10)22/h6-9,11-12,15,23H,5H2,1-4H3,(H4,17,18,20,21)/t9-,11+,12?,15-/m1/s1. The number of aromatic nitrogens is 4. The van der Waals surface area contributed by atoms with Crippen LogP contribution >= 0.6 is 0 Å². The fourth-order valence-corrected chi connectivity index (χ4v) is 3.00. The van der Waals surface area contributed by atoms with Gasteiger partial charge in [-0.1, -0.05) is 0 Å². The van der Waals surface area contributed by atoms with E-state index in [0.29, 0.717) is 17.8 Å². The predicted octanol–water partition coefficient (Wildman–Crippen LogP) is 0.468. The molecule has 2 aromatic heterocycles. The molecule has 1 fully saturated rings. The number of aliphatic hydroxyl groups is 1. The van der Waals surface area contributed by atoms with E-state index in [2.05, 4.69) is 15.0 Å². The summed E-state index contributed by atoms with van der Waals surface area (Å²) in [6.07, 6.45) is -1.21. The molecule has 1 aliphatic heterocycles. The van der Waals surface area contributed by atoms with Crippen LogP contribution in [0.15, 0.2) is 6.33 Å². The van der Waals surface area contributed by atoms with Gasteiger partial charge in [-0.15, -0.1) is 0 Å². The van der Waals surface area contributed by atoms with E-state index in [-0.39, 0.29) is 24.0 Å². The van der Waals surface area contributed by atoms with Crippen LogP contribution in [0.3, 0.4) is 0 Å². The lowest BCUT2D eigenvalue weighted by atomic mass is 10.1. The smallest absolute Gasteiger partial charge is 0.224 e. The molecule has 2 aromatic rings. The molecular formula is C16H26N6O4. The minimum atomic E-state index is -0.937. The molecule has 0 radical (unpaired) electrons. The molecular weight excluding hydrogens is 340 g/mol. The third kappa shape index (κ3) is 3.58. The third-order valence-corrected chi connectivity index (χ3v) is 4.07. The van der Waals surface area contributed by atoms with Crippen LogP contribution in [-0.4, -0.2) is 61.8 Å². The van der Waals surface area contributed by atoms with E-state index in [9.17, 15) is 5.11 Å². The van der Waals surface area contributed by atoms with E-state index in [1.54, 1.807) is 4.57 Å². The zero-order chi connectivity index (χ0) is 19.0. The van der Waals surface area contributed by atoms with Crippen LogP contribution in [0.2, 0.25) is 0 Å². The number of anilines is 2. The molecule has 0 saturated carbocycles. The van der Waals surface area contributed by atoms with Crippen LogP contribution in [0.25, 0.3) is 11.2 Å². The molecule has 10 heteroatoms. The van der Waals surface area contributed by atoms with Gasteiger partial charge in [-0.2, -0.15) is 9.97 Å². The lowest BCUT2D eigenvalue weighted by molar-refractivity contribution is -0.0973. The van der Waals surface area contributed by atoms with Crippen LogP contribution in [0.1, 0.15) is 33.9 Å². The molecule has 1 aliphatic rings. The maximum absolute atomic E-state index is 10.8. The summed E-state index contributed by atoms with van der Waals surface area (Å²) >= 11 is 0. The minimum absolute atomic E-state index is 0.0268. The Bertz CT molecular complexity index is 765. The molecule has 1 unspecified atom stereocenters. The Morgan fingerprint density at radius 3 is 2.62 bits per heavy atom. The molecule has 4 atom stereocenters. The first-order chi connectivity index (χ1) is 12.3. The number of aliphatic hydroxyl groups excluding tert-OH is 1. The number of rotatable bonds is 6. The monoisotopic (exact) mass is 366 g/mol. The second-order valence-corrected chi connectivity index (χ2v) is 6.88. The summed E-state index contributed by atoms with van der Waals surface area (Å²) in [4.78, 5) is 12.3. The number of fused-ring (bicyclic) bond motifs is 1. The highest BCUT2D eigenvalue weighted by atomic mass is 16.6. The number of hydrogen-bond acceptors (Lipinski definition) is 9. The van der Waals surface area contributed by atoms with Crippen LogP contribution < -0.4 is 11.5 Å². The normalized spacial score (nSPS) is 26.4. The molecule has 3 rings (SSSR count). The van der Waals surface area contributed by atoms with Gasteiger partial charge in [0.15, 0.2) is 17.7 Å². The maximum Gasteiger partial charge on any atom is 0.224 e. The molecule has 1 saturated heterocycles. The van der Waals surface area contributed by atoms with Crippen molar-refractivity contribution in [3.05, 3.63) is 6.33 Å². The lowest BCUT2D eigenvalue weighted by Gasteiger charge is -2.23. The first-order valence-corrected chi connectivity index (χ1v) is 8.64. The summed E-state index contributed by atoms with van der Waals surface area (Å²) in [5, 5.41) is 10.8. The molecule has 0 aromatic carbocycles. The van der Waals surface area contributed by atoms with Crippen molar-refractivity contribution in [1.82, 2.24) is 19.5 Å². The van der Waals surface area contributed by atoms with Gasteiger partial charge in [0.1, 0.15) is 23.8 Å². The molecule has 0 amide bonds. The molecule has 10 nitrogen and oxygen atoms in total. The van der Waals surface area contributed by atoms with Gasteiger partial charge >= 0.3 is 0 Å². The number of hydrogen-bond donors (Lipinski definition) is 3. The quantitative estimate of drug-likeness (QED) is 0.664. The first kappa shape index (κ1) is 18.8. The summed E-state index contributed by atoms with van der Waals surface area (Å²) in [5.41, 5.74) is 12.3. The van der Waals surface area contributed by atoms with Gasteiger partial charge in [0.2, 0.25) is 5.95 Å². The van der Waals surface area contributed by atoms with E-state index < -0.39 is 24.5 Å². The Morgan fingerprint density at radius 2 is 1.96 bits per heavy atom. The molecule has 0 bridgehead atoms. The van der Waals surface area contributed by atoms with Crippen molar-refractivity contribution < 1.29 is 19.3 Å². The van der Waals surface area contributed by atoms with Gasteiger partial charge in [0.05, 0.1) is 25.1 Å². The van der Waals surface area contributed by atoms with Gasteiger partial charge in [0.25, 0.3) is 0 Å². The number of nitrogens with two attached hydrogens (primary N) is 2. The van der Waals surface area contributed by atoms with E-state index in [1.165, 1.54) is 6.33 Å². The Kier molecular flexibility index (Phi) is 5.28. The molecule has 3 heterocycles. The highest BCUT2D eigenvalue weighted by Gasteiger charge is 2.46. The summed E-state index contributed by atoms with van der Waals surface area (Å²) in [7, 11) is 0. The van der Waals surface area contributed by atoms with Gasteiger partial charge < -0.3 is 30.8 Å². The summed E-state index contributed by atoms with van der Waals surface area (Å²) in [6, 6.07) is 0. The van der Waals surface area contributed by atoms with E-state index in [4.69, 9.17) is 25.7 Å². The number of nitrogens with zero attached hydrogens (tertiary/aromatic N) is 4. The summed E-state index contributed by atoms with van der Waals surface area (Å²) in [6.45, 7) is 7.98. The zero-order valence-electron chi connectivity index (χ0n) is 15.4. The van der Waals surface area contributed by atoms with Crippen LogP contribution in [0, 0.1) is 0 Å². The predicted molar refractivity (Wildman–Crippen MR) is 95.2 cm³/mol. The molecule has 0 aliphatic carbocycles. The average molecular weight is 366 g/mol. The summed E-state index contributed by atoms with van der Waals surface area (Å²) in [5.74, 6) is 0.201. The maximum atomic E-state index is 10.8. The van der Waals surface area contributed by atoms with Crippen molar-refractivity contribution in [1.29, 1.82) is 0 Å². The summed E-state index contributed by atoms with van der Waals surface area (Å²) < 4.78 is 19.2. The topological polar surface area (TPSA) is 144 Å². The van der Waals surface area contributed by atoms with Gasteiger partial charge in [-0.05, 0) is 27.7 Å². The Labute approximate surface area is 151 Å². The van der Waals surface area contributed by atoms with Crippen molar-refractivity contribution in [2.45, 2.75) is 64.4 Å². The minimum Gasteiger partial charge on any atom is -0.386 e. The Morgan fingerprint density at radius 1 is 1.23 bits per heavy atom. The third-order valence-electron chi connectivity index (χ3n) is 4.07. The number of nitrogen functional groups attached to an aromatic ring is 2. The van der Waals surface area contributed by atoms with Crippen molar-refractivity contribution in [2.24, 2.45) is 0 Å². The van der Waals surface area contributed by atoms with Crippen LogP contribution in [0.5, 0.6) is 0 Å². The van der Waals surface area contributed by atoms with E-state index >= 15 is 0 Å². The van der Waals surface area contributed by atoms with Crippen molar-refractivity contribution >= 4 is 22.9 Å². The van der Waals surface area contributed by atoms with E-state index in [0.717, 1.165) is 0 Å². The molecule has 144 valence electrons. The van der Waals surface area contributed by atoms with E-state index in [1.807, 2.05) is 27.7 Å². The second kappa shape index (κ2) is 7.31. The highest BCUT2D eigenvalue weighted by Crippen LogP contribution is 2.34. The fourth-order valence-electron chi connectivity index (χ4n) is 3.00. The number of imidazole rings is 1. The lowest BCUT2D eigenvalue weighted by Crippen LogP contribution is -2.38. The van der Waals surface area contributed by atoms with Crippen molar-refractivity contribution in [2.75, 3.05) is 18.1 Å². The first-order valence-electron chi connectivity index (χ1n) is 8.64. The average Bonchev–Trinajstić information content (AvgIpc) is 3.08. The molecule has 0 spiro atoms.